The molecule has 0 saturated heterocycles. The maximum absolute atomic E-state index is 5.60. The van der Waals surface area contributed by atoms with Gasteiger partial charge in [-0.2, -0.15) is 0 Å². The van der Waals surface area contributed by atoms with Gasteiger partial charge in [0.1, 0.15) is 0 Å². The fourth-order valence-electron chi connectivity index (χ4n) is 2.69. The number of rotatable bonds is 3. The zero-order chi connectivity index (χ0) is 14.8. The number of hydrogen-bond acceptors (Lipinski definition) is 1. The summed E-state index contributed by atoms with van der Waals surface area (Å²) in [4.78, 5) is 3.51. The molecule has 0 atom stereocenters. The minimum absolute atomic E-state index is 0.848. The van der Waals surface area contributed by atoms with Crippen molar-refractivity contribution in [1.29, 1.82) is 0 Å². The molecule has 0 unspecified atom stereocenters. The van der Waals surface area contributed by atoms with Gasteiger partial charge in [0.25, 0.3) is 0 Å². The molecule has 0 aliphatic heterocycles. The van der Waals surface area contributed by atoms with Gasteiger partial charge in [-0.25, -0.2) is 0 Å². The van der Waals surface area contributed by atoms with E-state index in [1.165, 1.54) is 5.56 Å². The fraction of sp³-hybridized carbons (Fsp3) is 0. The second-order valence-electron chi connectivity index (χ2n) is 5.18. The topological polar surface area (TPSA) is 28.9 Å². The molecular formula is C20H15NO. The Balaban J connectivity index is 1.91. The van der Waals surface area contributed by atoms with Crippen molar-refractivity contribution >= 4 is 0 Å². The number of aromatic nitrogens is 1. The van der Waals surface area contributed by atoms with E-state index in [1.807, 2.05) is 36.4 Å². The van der Waals surface area contributed by atoms with E-state index >= 15 is 0 Å². The van der Waals surface area contributed by atoms with E-state index in [2.05, 4.69) is 47.4 Å². The van der Waals surface area contributed by atoms with Crippen molar-refractivity contribution in [3.8, 4) is 33.8 Å². The summed E-state index contributed by atoms with van der Waals surface area (Å²) in [6, 6.07) is 26.8. The SMILES string of the molecule is c1ccc(-c2cc(-c3ccccc3)c(-c3ccco3)[nH]2)cc1. The third kappa shape index (κ3) is 2.25. The van der Waals surface area contributed by atoms with Crippen LogP contribution in [0.1, 0.15) is 0 Å². The third-order valence-corrected chi connectivity index (χ3v) is 3.75. The summed E-state index contributed by atoms with van der Waals surface area (Å²) in [6.45, 7) is 0. The first-order valence-corrected chi connectivity index (χ1v) is 7.29. The molecule has 0 aliphatic carbocycles. The van der Waals surface area contributed by atoms with Crippen LogP contribution in [0.15, 0.2) is 89.5 Å². The van der Waals surface area contributed by atoms with Gasteiger partial charge in [-0.3, -0.25) is 0 Å². The first-order chi connectivity index (χ1) is 10.9. The Bertz CT molecular complexity index is 859. The van der Waals surface area contributed by atoms with E-state index in [9.17, 15) is 0 Å². The summed E-state index contributed by atoms with van der Waals surface area (Å²) in [5, 5.41) is 0. The average Bonchev–Trinajstić information content (AvgIpc) is 3.26. The van der Waals surface area contributed by atoms with Gasteiger partial charge in [0.2, 0.25) is 0 Å². The van der Waals surface area contributed by atoms with Crippen LogP contribution in [0.2, 0.25) is 0 Å². The van der Waals surface area contributed by atoms with E-state index in [-0.39, 0.29) is 0 Å². The van der Waals surface area contributed by atoms with Crippen molar-refractivity contribution in [3.05, 3.63) is 85.1 Å². The van der Waals surface area contributed by atoms with Crippen LogP contribution in [0.4, 0.5) is 0 Å². The van der Waals surface area contributed by atoms with Crippen LogP contribution >= 0.6 is 0 Å². The van der Waals surface area contributed by atoms with Crippen molar-refractivity contribution in [2.75, 3.05) is 0 Å². The molecule has 0 spiro atoms. The highest BCUT2D eigenvalue weighted by Crippen LogP contribution is 2.35. The van der Waals surface area contributed by atoms with Crippen molar-refractivity contribution in [2.45, 2.75) is 0 Å². The average molecular weight is 285 g/mol. The zero-order valence-corrected chi connectivity index (χ0v) is 12.0. The summed E-state index contributed by atoms with van der Waals surface area (Å²) in [7, 11) is 0. The molecule has 22 heavy (non-hydrogen) atoms. The first kappa shape index (κ1) is 12.7. The normalized spacial score (nSPS) is 10.7. The molecule has 2 aromatic carbocycles. The van der Waals surface area contributed by atoms with Crippen molar-refractivity contribution in [3.63, 3.8) is 0 Å². The number of H-pyrrole nitrogens is 1. The van der Waals surface area contributed by atoms with Crippen LogP contribution < -0.4 is 0 Å². The van der Waals surface area contributed by atoms with Crippen LogP contribution in [0.3, 0.4) is 0 Å². The number of aromatic amines is 1. The first-order valence-electron chi connectivity index (χ1n) is 7.29. The van der Waals surface area contributed by atoms with E-state index in [4.69, 9.17) is 4.42 Å². The maximum atomic E-state index is 5.60. The molecule has 0 radical (unpaired) electrons. The minimum atomic E-state index is 0.848. The highest BCUT2D eigenvalue weighted by molar-refractivity contribution is 5.84. The fourth-order valence-corrected chi connectivity index (χ4v) is 2.69. The molecule has 2 aromatic heterocycles. The summed E-state index contributed by atoms with van der Waals surface area (Å²) in [5.41, 5.74) is 5.58. The van der Waals surface area contributed by atoms with Crippen molar-refractivity contribution in [1.82, 2.24) is 4.98 Å². The largest absolute Gasteiger partial charge is 0.463 e. The second-order valence-corrected chi connectivity index (χ2v) is 5.18. The lowest BCUT2D eigenvalue weighted by molar-refractivity contribution is 0.580. The number of furan rings is 1. The van der Waals surface area contributed by atoms with E-state index in [0.29, 0.717) is 0 Å². The number of benzene rings is 2. The van der Waals surface area contributed by atoms with Gasteiger partial charge in [0.05, 0.1) is 12.0 Å². The Hall–Kier alpha value is -3.00. The lowest BCUT2D eigenvalue weighted by Crippen LogP contribution is -1.80. The molecule has 0 saturated carbocycles. The van der Waals surface area contributed by atoms with Crippen LogP contribution in [0.25, 0.3) is 33.8 Å². The Morgan fingerprint density at radius 2 is 1.36 bits per heavy atom. The van der Waals surface area contributed by atoms with Crippen LogP contribution in [0.5, 0.6) is 0 Å². The molecule has 4 rings (SSSR count). The van der Waals surface area contributed by atoms with Gasteiger partial charge >= 0.3 is 0 Å². The number of hydrogen-bond donors (Lipinski definition) is 1. The number of nitrogens with one attached hydrogen (secondary N) is 1. The molecule has 0 amide bonds. The Morgan fingerprint density at radius 1 is 0.682 bits per heavy atom. The molecule has 1 N–H and O–H groups in total. The summed E-state index contributed by atoms with van der Waals surface area (Å²) >= 11 is 0. The highest BCUT2D eigenvalue weighted by atomic mass is 16.3. The van der Waals surface area contributed by atoms with Gasteiger partial charge < -0.3 is 9.40 Å². The zero-order valence-electron chi connectivity index (χ0n) is 12.0. The minimum Gasteiger partial charge on any atom is -0.463 e. The van der Waals surface area contributed by atoms with E-state index in [0.717, 1.165) is 28.3 Å². The lowest BCUT2D eigenvalue weighted by atomic mass is 10.0. The molecule has 0 aliphatic rings. The van der Waals surface area contributed by atoms with Gasteiger partial charge in [-0.1, -0.05) is 60.7 Å². The maximum Gasteiger partial charge on any atom is 0.150 e. The predicted octanol–water partition coefficient (Wildman–Crippen LogP) is 5.61. The van der Waals surface area contributed by atoms with E-state index < -0.39 is 0 Å². The quantitative estimate of drug-likeness (QED) is 0.521. The van der Waals surface area contributed by atoms with Gasteiger partial charge in [-0.15, -0.1) is 0 Å². The highest BCUT2D eigenvalue weighted by Gasteiger charge is 2.14. The smallest absolute Gasteiger partial charge is 0.150 e. The van der Waals surface area contributed by atoms with Crippen molar-refractivity contribution < 1.29 is 4.42 Å². The van der Waals surface area contributed by atoms with Gasteiger partial charge in [-0.05, 0) is 29.3 Å². The molecule has 2 heterocycles. The third-order valence-electron chi connectivity index (χ3n) is 3.75. The molecule has 0 fully saturated rings. The Kier molecular flexibility index (Phi) is 3.13. The van der Waals surface area contributed by atoms with Crippen LogP contribution in [-0.2, 0) is 0 Å². The standard InChI is InChI=1S/C20H15NO/c1-3-8-15(9-4-1)17-14-18(16-10-5-2-6-11-16)21-20(17)19-12-7-13-22-19/h1-14,21H. The van der Waals surface area contributed by atoms with Crippen LogP contribution in [0, 0.1) is 0 Å². The summed E-state index contributed by atoms with van der Waals surface area (Å²) in [6.07, 6.45) is 1.70. The van der Waals surface area contributed by atoms with Crippen molar-refractivity contribution in [2.24, 2.45) is 0 Å². The van der Waals surface area contributed by atoms with E-state index in [1.54, 1.807) is 6.26 Å². The predicted molar refractivity (Wildman–Crippen MR) is 89.4 cm³/mol. The second kappa shape index (κ2) is 5.41. The van der Waals surface area contributed by atoms with Gasteiger partial charge in [0.15, 0.2) is 5.76 Å². The van der Waals surface area contributed by atoms with Crippen LogP contribution in [-0.4, -0.2) is 4.98 Å². The summed E-state index contributed by atoms with van der Waals surface area (Å²) < 4.78 is 5.60. The lowest BCUT2D eigenvalue weighted by Gasteiger charge is -2.01. The molecule has 4 aromatic rings. The van der Waals surface area contributed by atoms with Gasteiger partial charge in [0, 0.05) is 11.3 Å². The Morgan fingerprint density at radius 3 is 2.00 bits per heavy atom. The molecule has 106 valence electrons. The molecule has 2 nitrogen and oxygen atoms in total. The molecule has 2 heteroatoms. The Labute approximate surface area is 129 Å². The summed E-state index contributed by atoms with van der Waals surface area (Å²) in [5.74, 6) is 0.848. The molecule has 0 bridgehead atoms. The monoisotopic (exact) mass is 285 g/mol. The molecular weight excluding hydrogens is 270 g/mol.